The number of hydrogen-bond acceptors (Lipinski definition) is 6. The number of fused-ring (bicyclic) bond motifs is 1. The van der Waals surface area contributed by atoms with Gasteiger partial charge in [0.05, 0.1) is 40.4 Å². The lowest BCUT2D eigenvalue weighted by molar-refractivity contribution is -0.191. The molecule has 6 rings (SSSR count). The number of nitrogens with zero attached hydrogens (tertiary/aromatic N) is 2. The van der Waals surface area contributed by atoms with E-state index in [0.29, 0.717) is 56.4 Å². The third-order valence-corrected chi connectivity index (χ3v) is 11.0. The van der Waals surface area contributed by atoms with Gasteiger partial charge in [0.25, 0.3) is 0 Å². The first-order valence-corrected chi connectivity index (χ1v) is 16.8. The molecule has 2 heterocycles. The number of carbonyl (C=O) groups excluding carboxylic acids is 3. The standard InChI is InChI=1S/C31H38ClN3O4S.CO2/c1-3-20-4-6-22(7-5-20)30-29(32)26-15-14-25(18-27(26)34(30)2)40(37,38)33-24-12-10-23(11-13-24)31(36)35-16-17-39-19-28(35)21-8-9-21;2-1-3/h4-7,14-15,18,21,23-24,28,33H,3,8-13,16-17,19H2,1-2H3;/t23?,24?,28-;/m1./s1. The molecule has 2 saturated carbocycles. The molecule has 9 nitrogen and oxygen atoms in total. The molecule has 1 N–H and O–H groups in total. The van der Waals surface area contributed by atoms with Crippen LogP contribution in [0.15, 0.2) is 47.4 Å². The van der Waals surface area contributed by atoms with Crippen LogP contribution in [-0.4, -0.2) is 61.8 Å². The van der Waals surface area contributed by atoms with Crippen LogP contribution in [0.25, 0.3) is 22.2 Å². The lowest BCUT2D eigenvalue weighted by atomic mass is 9.85. The van der Waals surface area contributed by atoms with E-state index in [1.54, 1.807) is 18.2 Å². The fourth-order valence-electron chi connectivity index (χ4n) is 6.50. The molecule has 0 unspecified atom stereocenters. The summed E-state index contributed by atoms with van der Waals surface area (Å²) >= 11 is 6.79. The second kappa shape index (κ2) is 13.3. The zero-order chi connectivity index (χ0) is 30.7. The highest BCUT2D eigenvalue weighted by atomic mass is 35.5. The summed E-state index contributed by atoms with van der Waals surface area (Å²) in [6.45, 7) is 4.04. The maximum Gasteiger partial charge on any atom is 0.373 e. The largest absolute Gasteiger partial charge is 0.377 e. The minimum atomic E-state index is -3.73. The van der Waals surface area contributed by atoms with Gasteiger partial charge in [-0.1, -0.05) is 42.8 Å². The van der Waals surface area contributed by atoms with Crippen molar-refractivity contribution in [3.63, 3.8) is 0 Å². The molecule has 1 saturated heterocycles. The van der Waals surface area contributed by atoms with Crippen molar-refractivity contribution in [2.24, 2.45) is 18.9 Å². The van der Waals surface area contributed by atoms with Crippen molar-refractivity contribution in [3.05, 3.63) is 53.1 Å². The van der Waals surface area contributed by atoms with Crippen molar-refractivity contribution in [2.75, 3.05) is 19.8 Å². The van der Waals surface area contributed by atoms with Crippen LogP contribution >= 0.6 is 11.6 Å². The number of rotatable bonds is 7. The van der Waals surface area contributed by atoms with Crippen LogP contribution in [0.2, 0.25) is 5.02 Å². The van der Waals surface area contributed by atoms with Crippen molar-refractivity contribution >= 4 is 44.6 Å². The number of nitrogens with one attached hydrogen (secondary N) is 1. The first kappa shape index (κ1) is 31.4. The maximum absolute atomic E-state index is 13.4. The molecular formula is C32H38ClN3O6S. The number of aromatic nitrogens is 1. The Morgan fingerprint density at radius 3 is 2.35 bits per heavy atom. The Kier molecular flexibility index (Phi) is 9.73. The first-order chi connectivity index (χ1) is 20.7. The van der Waals surface area contributed by atoms with Gasteiger partial charge in [0.2, 0.25) is 15.9 Å². The molecule has 11 heteroatoms. The van der Waals surface area contributed by atoms with Gasteiger partial charge < -0.3 is 14.2 Å². The smallest absolute Gasteiger partial charge is 0.373 e. The van der Waals surface area contributed by atoms with E-state index in [-0.39, 0.29) is 35.0 Å². The summed E-state index contributed by atoms with van der Waals surface area (Å²) in [4.78, 5) is 31.9. The zero-order valence-electron chi connectivity index (χ0n) is 24.6. The predicted octanol–water partition coefficient (Wildman–Crippen LogP) is 4.95. The van der Waals surface area contributed by atoms with E-state index < -0.39 is 10.0 Å². The van der Waals surface area contributed by atoms with Crippen LogP contribution in [-0.2, 0) is 42.6 Å². The first-order valence-electron chi connectivity index (χ1n) is 15.0. The summed E-state index contributed by atoms with van der Waals surface area (Å²) in [5, 5.41) is 1.44. The Hall–Kier alpha value is -3.01. The Morgan fingerprint density at radius 2 is 1.72 bits per heavy atom. The minimum absolute atomic E-state index is 0.0354. The molecule has 2 aromatic carbocycles. The third kappa shape index (κ3) is 6.74. The van der Waals surface area contributed by atoms with Gasteiger partial charge in [-0.15, -0.1) is 0 Å². The second-order valence-electron chi connectivity index (χ2n) is 11.7. The molecule has 0 spiro atoms. The Labute approximate surface area is 257 Å². The van der Waals surface area contributed by atoms with Gasteiger partial charge in [-0.25, -0.2) is 13.1 Å². The lowest BCUT2D eigenvalue weighted by Crippen LogP contribution is -2.52. The summed E-state index contributed by atoms with van der Waals surface area (Å²) in [6.07, 6.45) is 6.29. The quantitative estimate of drug-likeness (QED) is 0.396. The molecule has 230 valence electrons. The van der Waals surface area contributed by atoms with Gasteiger partial charge in [-0.3, -0.25) is 4.79 Å². The average molecular weight is 628 g/mol. The van der Waals surface area contributed by atoms with Crippen LogP contribution in [0.5, 0.6) is 0 Å². The molecule has 1 atom stereocenters. The number of ether oxygens (including phenoxy) is 1. The van der Waals surface area contributed by atoms with Crippen molar-refractivity contribution in [3.8, 4) is 11.3 Å². The van der Waals surface area contributed by atoms with Crippen LogP contribution in [0.3, 0.4) is 0 Å². The SMILES string of the molecule is CCc1ccc(-c2c(Cl)c3ccc(S(=O)(=O)NC4CCC(C(=O)N5CCOC[C@@H]5C5CC5)CC4)cc3n2C)cc1.O=C=O. The van der Waals surface area contributed by atoms with Gasteiger partial charge >= 0.3 is 6.15 Å². The van der Waals surface area contributed by atoms with Gasteiger partial charge in [0, 0.05) is 30.9 Å². The molecule has 0 bridgehead atoms. The summed E-state index contributed by atoms with van der Waals surface area (Å²) in [5.41, 5.74) is 3.89. The highest BCUT2D eigenvalue weighted by Gasteiger charge is 2.41. The molecule has 2 aliphatic carbocycles. The predicted molar refractivity (Wildman–Crippen MR) is 163 cm³/mol. The number of halogens is 1. The highest BCUT2D eigenvalue weighted by molar-refractivity contribution is 7.89. The normalized spacial score (nSPS) is 22.5. The van der Waals surface area contributed by atoms with Crippen LogP contribution in [0.1, 0.15) is 51.0 Å². The number of sulfonamides is 1. The van der Waals surface area contributed by atoms with Gasteiger partial charge in [0.15, 0.2) is 0 Å². The van der Waals surface area contributed by atoms with E-state index in [1.165, 1.54) is 18.4 Å². The fraction of sp³-hybridized carbons (Fsp3) is 0.500. The summed E-state index contributed by atoms with van der Waals surface area (Å²) in [7, 11) is -1.82. The van der Waals surface area contributed by atoms with Crippen molar-refractivity contribution in [2.45, 2.75) is 68.8 Å². The topological polar surface area (TPSA) is 115 Å². The van der Waals surface area contributed by atoms with E-state index in [9.17, 15) is 13.2 Å². The maximum atomic E-state index is 13.4. The number of carbonyl (C=O) groups is 1. The molecule has 43 heavy (non-hydrogen) atoms. The van der Waals surface area contributed by atoms with Crippen LogP contribution in [0.4, 0.5) is 0 Å². The highest BCUT2D eigenvalue weighted by Crippen LogP contribution is 2.39. The van der Waals surface area contributed by atoms with E-state index in [0.717, 1.165) is 28.6 Å². The van der Waals surface area contributed by atoms with Crippen molar-refractivity contribution < 1.29 is 27.5 Å². The second-order valence-corrected chi connectivity index (χ2v) is 13.8. The Bertz CT molecular complexity index is 1600. The number of hydrogen-bond donors (Lipinski definition) is 1. The van der Waals surface area contributed by atoms with Crippen LogP contribution in [0, 0.1) is 11.8 Å². The zero-order valence-corrected chi connectivity index (χ0v) is 26.1. The van der Waals surface area contributed by atoms with E-state index >= 15 is 0 Å². The lowest BCUT2D eigenvalue weighted by Gasteiger charge is -2.39. The Morgan fingerprint density at radius 1 is 1.05 bits per heavy atom. The summed E-state index contributed by atoms with van der Waals surface area (Å²) in [6, 6.07) is 13.5. The molecule has 1 aromatic heterocycles. The van der Waals surface area contributed by atoms with Gasteiger partial charge in [0.1, 0.15) is 0 Å². The molecule has 1 aliphatic heterocycles. The minimum Gasteiger partial charge on any atom is -0.377 e. The number of aryl methyl sites for hydroxylation is 2. The van der Waals surface area contributed by atoms with Gasteiger partial charge in [-0.2, -0.15) is 9.59 Å². The van der Waals surface area contributed by atoms with E-state index in [1.807, 2.05) is 11.6 Å². The number of benzene rings is 2. The number of morpholine rings is 1. The fourth-order valence-corrected chi connectivity index (χ4v) is 8.22. The Balaban J connectivity index is 0.00000118. The van der Waals surface area contributed by atoms with E-state index in [4.69, 9.17) is 25.9 Å². The van der Waals surface area contributed by atoms with Crippen molar-refractivity contribution in [1.82, 2.24) is 14.2 Å². The average Bonchev–Trinajstić information content (AvgIpc) is 3.83. The molecule has 1 amide bonds. The molecular weight excluding hydrogens is 590 g/mol. The molecule has 0 radical (unpaired) electrons. The summed E-state index contributed by atoms with van der Waals surface area (Å²) in [5.74, 6) is 0.779. The van der Waals surface area contributed by atoms with Crippen LogP contribution < -0.4 is 4.72 Å². The van der Waals surface area contributed by atoms with Crippen molar-refractivity contribution in [1.29, 1.82) is 0 Å². The molecule has 3 aromatic rings. The third-order valence-electron chi connectivity index (χ3n) is 9.07. The van der Waals surface area contributed by atoms with E-state index in [2.05, 4.69) is 40.8 Å². The van der Waals surface area contributed by atoms with Gasteiger partial charge in [-0.05, 0) is 80.2 Å². The molecule has 3 aliphatic rings. The summed E-state index contributed by atoms with van der Waals surface area (Å²) < 4.78 is 37.4. The molecule has 3 fully saturated rings. The number of amides is 1. The monoisotopic (exact) mass is 627 g/mol.